The molecule has 0 radical (unpaired) electrons. The number of hydrogen-bond donors (Lipinski definition) is 0. The Morgan fingerprint density at radius 2 is 1.90 bits per heavy atom. The van der Waals surface area contributed by atoms with Crippen LogP contribution in [0.3, 0.4) is 0 Å². The number of imidazole rings is 1. The molecule has 2 aliphatic heterocycles. The van der Waals surface area contributed by atoms with Crippen LogP contribution in [0.5, 0.6) is 0 Å². The normalized spacial score (nSPS) is 25.4. The number of unbranched alkanes of at least 4 members (excludes halogenated alkanes) is 8. The Hall–Kier alpha value is -3.29. The Labute approximate surface area is 232 Å². The van der Waals surface area contributed by atoms with E-state index < -0.39 is 48.9 Å². The summed E-state index contributed by atoms with van der Waals surface area (Å²) in [7, 11) is 1.38. The number of aromatic nitrogens is 4. The monoisotopic (exact) mass is 559 g/mol. The van der Waals surface area contributed by atoms with Crippen molar-refractivity contribution < 1.29 is 28.5 Å². The predicted octanol–water partition coefficient (Wildman–Crippen LogP) is 4.14. The first kappa shape index (κ1) is 29.7. The highest BCUT2D eigenvalue weighted by Gasteiger charge is 2.63. The van der Waals surface area contributed by atoms with Gasteiger partial charge in [0.05, 0.1) is 0 Å². The number of fused-ring (bicyclic) bond motifs is 1. The second-order valence-electron chi connectivity index (χ2n) is 9.91. The third-order valence-electron chi connectivity index (χ3n) is 7.06. The van der Waals surface area contributed by atoms with Crippen molar-refractivity contribution in [2.24, 2.45) is 5.11 Å². The zero-order valence-corrected chi connectivity index (χ0v) is 23.0. The number of esters is 1. The van der Waals surface area contributed by atoms with E-state index in [0.29, 0.717) is 12.2 Å². The fourth-order valence-corrected chi connectivity index (χ4v) is 4.95. The number of rotatable bonds is 16. The van der Waals surface area contributed by atoms with Gasteiger partial charge in [-0.25, -0.2) is 9.78 Å². The second-order valence-corrected chi connectivity index (χ2v) is 9.91. The first-order valence-corrected chi connectivity index (χ1v) is 13.8. The Bertz CT molecular complexity index is 1200. The number of carbonyl (C=O) groups excluding carboxylic acids is 1. The van der Waals surface area contributed by atoms with Gasteiger partial charge in [-0.05, 0) is 18.0 Å². The van der Waals surface area contributed by atoms with Crippen molar-refractivity contribution in [2.75, 3.05) is 13.7 Å². The molecule has 0 saturated carbocycles. The molecule has 14 nitrogen and oxygen atoms in total. The number of nitrogens with zero attached hydrogens (tertiary/aromatic N) is 7. The molecule has 4 rings (SSSR count). The highest BCUT2D eigenvalue weighted by Crippen LogP contribution is 2.46. The van der Waals surface area contributed by atoms with Crippen molar-refractivity contribution in [1.29, 1.82) is 0 Å². The second kappa shape index (κ2) is 14.4. The van der Waals surface area contributed by atoms with Gasteiger partial charge in [-0.15, -0.1) is 0 Å². The molecule has 0 aliphatic carbocycles. The maximum atomic E-state index is 13.0. The molecule has 2 saturated heterocycles. The van der Waals surface area contributed by atoms with Crippen molar-refractivity contribution >= 4 is 5.97 Å². The van der Waals surface area contributed by atoms with Crippen molar-refractivity contribution in [2.45, 2.75) is 102 Å². The first-order chi connectivity index (χ1) is 19.5. The molecule has 218 valence electrons. The van der Waals surface area contributed by atoms with Gasteiger partial charge in [0.15, 0.2) is 6.23 Å². The molecule has 40 heavy (non-hydrogen) atoms. The summed E-state index contributed by atoms with van der Waals surface area (Å²) in [6, 6.07) is 1.60. The van der Waals surface area contributed by atoms with Crippen molar-refractivity contribution in [3.8, 4) is 5.82 Å². The van der Waals surface area contributed by atoms with Crippen molar-refractivity contribution in [1.82, 2.24) is 19.1 Å². The van der Waals surface area contributed by atoms with Gasteiger partial charge in [0.2, 0.25) is 5.72 Å². The van der Waals surface area contributed by atoms with E-state index in [1.54, 1.807) is 23.0 Å². The van der Waals surface area contributed by atoms with E-state index in [-0.39, 0.29) is 6.42 Å². The summed E-state index contributed by atoms with van der Waals surface area (Å²) in [6.45, 7) is 0.691. The topological polar surface area (TPSA) is 165 Å². The minimum Gasteiger partial charge on any atom is -0.462 e. The minimum atomic E-state index is -1.78. The third kappa shape index (κ3) is 7.07. The number of methoxy groups -OCH3 is 1. The first-order valence-electron chi connectivity index (χ1n) is 13.8. The molecule has 0 unspecified atom stereocenters. The molecule has 2 aliphatic rings. The number of hydrogen-bond acceptors (Lipinski definition) is 10. The van der Waals surface area contributed by atoms with Gasteiger partial charge in [-0.1, -0.05) is 63.4 Å². The summed E-state index contributed by atoms with van der Waals surface area (Å²) in [5.74, 6) is -0.0804. The molecule has 0 amide bonds. The van der Waals surface area contributed by atoms with Crippen LogP contribution in [0.1, 0.15) is 77.4 Å². The highest BCUT2D eigenvalue weighted by molar-refractivity contribution is 5.69. The summed E-state index contributed by atoms with van der Waals surface area (Å²) in [6.07, 6.45) is 13.6. The van der Waals surface area contributed by atoms with E-state index in [2.05, 4.69) is 26.9 Å². The van der Waals surface area contributed by atoms with E-state index in [1.807, 2.05) is 0 Å². The van der Waals surface area contributed by atoms with Crippen LogP contribution in [0, 0.1) is 0 Å². The lowest BCUT2D eigenvalue weighted by molar-refractivity contribution is -0.271. The van der Waals surface area contributed by atoms with E-state index in [9.17, 15) is 15.1 Å². The lowest BCUT2D eigenvalue weighted by Gasteiger charge is -2.28. The van der Waals surface area contributed by atoms with Crippen LogP contribution in [0.15, 0.2) is 40.9 Å². The van der Waals surface area contributed by atoms with E-state index in [4.69, 9.17) is 23.7 Å². The van der Waals surface area contributed by atoms with E-state index in [0.717, 1.165) is 19.3 Å². The van der Waals surface area contributed by atoms with Crippen LogP contribution >= 0.6 is 0 Å². The summed E-state index contributed by atoms with van der Waals surface area (Å²) in [4.78, 5) is 36.5. The van der Waals surface area contributed by atoms with Gasteiger partial charge in [0.25, 0.3) is 6.48 Å². The van der Waals surface area contributed by atoms with Gasteiger partial charge in [-0.2, -0.15) is 4.98 Å². The van der Waals surface area contributed by atoms with Gasteiger partial charge in [0.1, 0.15) is 31.0 Å². The molecular weight excluding hydrogens is 522 g/mol. The Balaban J connectivity index is 1.39. The summed E-state index contributed by atoms with van der Waals surface area (Å²) in [5, 5.41) is 3.83. The lowest BCUT2D eigenvalue weighted by atomic mass is 10.1. The van der Waals surface area contributed by atoms with Crippen LogP contribution in [0.2, 0.25) is 0 Å². The lowest BCUT2D eigenvalue weighted by Crippen LogP contribution is -2.45. The summed E-state index contributed by atoms with van der Waals surface area (Å²) >= 11 is 0. The summed E-state index contributed by atoms with van der Waals surface area (Å²) < 4.78 is 31.2. The Morgan fingerprint density at radius 1 is 1.15 bits per heavy atom. The molecule has 2 aromatic heterocycles. The maximum absolute atomic E-state index is 13.0. The molecule has 0 spiro atoms. The molecule has 2 aromatic rings. The third-order valence-corrected chi connectivity index (χ3v) is 7.06. The van der Waals surface area contributed by atoms with Crippen LogP contribution in [-0.2, 0) is 28.5 Å². The molecular formula is C26H37N7O7. The standard InChI is InChI=1S/C26H37N7O7/c1-3-4-5-6-7-8-9-10-11-12-20(34)37-17-26(30-31-27)22-21(38-25(36-2)39-22)23(40-26)33-15-13-19(29-24(33)35)32-16-14-28-18-32/h13-16,18,21-23,25H,3-12,17H2,1-2H3/t21-,22+,23-,25-,26-/m1/s1. The highest BCUT2D eigenvalue weighted by atomic mass is 16.9. The number of ether oxygens (including phenoxy) is 5. The smallest absolute Gasteiger partial charge is 0.351 e. The molecule has 14 heteroatoms. The fraction of sp³-hybridized carbons (Fsp3) is 0.692. The van der Waals surface area contributed by atoms with Gasteiger partial charge >= 0.3 is 11.7 Å². The van der Waals surface area contributed by atoms with Crippen LogP contribution in [-0.4, -0.2) is 63.2 Å². The van der Waals surface area contributed by atoms with Crippen LogP contribution < -0.4 is 5.69 Å². The van der Waals surface area contributed by atoms with Crippen LogP contribution in [0.4, 0.5) is 0 Å². The van der Waals surface area contributed by atoms with Crippen molar-refractivity contribution in [3.05, 3.63) is 51.9 Å². The SMILES string of the molecule is CCCCCCCCCCCC(=O)OC[C@@]1(N=[N+]=[N-])O[C@@H](n2ccc(-n3ccnc3)nc2=O)[C@@H]2O[C@@H](OC)O[C@@H]21. The molecule has 4 heterocycles. The number of azide groups is 1. The predicted molar refractivity (Wildman–Crippen MR) is 141 cm³/mol. The number of carbonyl (C=O) groups is 1. The molecule has 0 N–H and O–H groups in total. The largest absolute Gasteiger partial charge is 0.462 e. The Kier molecular flexibility index (Phi) is 10.7. The molecule has 0 aromatic carbocycles. The molecule has 5 atom stereocenters. The Morgan fingerprint density at radius 3 is 2.55 bits per heavy atom. The molecule has 0 bridgehead atoms. The van der Waals surface area contributed by atoms with E-state index in [1.165, 1.54) is 56.3 Å². The quantitative estimate of drug-likeness (QED) is 0.0966. The average molecular weight is 560 g/mol. The van der Waals surface area contributed by atoms with Gasteiger partial charge in [-0.3, -0.25) is 13.9 Å². The van der Waals surface area contributed by atoms with E-state index >= 15 is 0 Å². The maximum Gasteiger partial charge on any atom is 0.351 e. The zero-order valence-electron chi connectivity index (χ0n) is 23.0. The average Bonchev–Trinajstić information content (AvgIpc) is 3.70. The zero-order chi connectivity index (χ0) is 28.4. The minimum absolute atomic E-state index is 0.233. The van der Waals surface area contributed by atoms with Crippen molar-refractivity contribution in [3.63, 3.8) is 0 Å². The van der Waals surface area contributed by atoms with Gasteiger partial charge in [0, 0.05) is 37.0 Å². The molecule has 2 fully saturated rings. The van der Waals surface area contributed by atoms with Gasteiger partial charge < -0.3 is 23.7 Å². The van der Waals surface area contributed by atoms with Crippen LogP contribution in [0.25, 0.3) is 16.3 Å². The fourth-order valence-electron chi connectivity index (χ4n) is 4.95. The summed E-state index contributed by atoms with van der Waals surface area (Å²) in [5.41, 5.74) is 6.94.